The molecule has 0 aliphatic rings. The predicted molar refractivity (Wildman–Crippen MR) is 89.4 cm³/mol. The van der Waals surface area contributed by atoms with Gasteiger partial charge in [0.15, 0.2) is 6.61 Å². The SMILES string of the molecule is CCOC(=O)NC(=O)c1ccsc1NC(=O)COc1ccccc1. The molecule has 0 aliphatic heterocycles. The number of amides is 3. The van der Waals surface area contributed by atoms with Crippen molar-refractivity contribution in [3.8, 4) is 5.75 Å². The number of carbonyl (C=O) groups is 3. The van der Waals surface area contributed by atoms with Gasteiger partial charge in [0.25, 0.3) is 11.8 Å². The minimum absolute atomic E-state index is 0.156. The summed E-state index contributed by atoms with van der Waals surface area (Å²) in [7, 11) is 0. The molecule has 0 fully saturated rings. The first-order valence-electron chi connectivity index (χ1n) is 7.13. The lowest BCUT2D eigenvalue weighted by Gasteiger charge is -2.08. The Balaban J connectivity index is 1.91. The van der Waals surface area contributed by atoms with Crippen LogP contribution in [0.4, 0.5) is 9.80 Å². The molecule has 0 aliphatic carbocycles. The van der Waals surface area contributed by atoms with Crippen LogP contribution >= 0.6 is 11.3 Å². The molecule has 2 rings (SSSR count). The zero-order valence-corrected chi connectivity index (χ0v) is 13.7. The molecule has 8 heteroatoms. The van der Waals surface area contributed by atoms with Gasteiger partial charge in [0.05, 0.1) is 12.2 Å². The van der Waals surface area contributed by atoms with Gasteiger partial charge in [-0.25, -0.2) is 4.79 Å². The number of hydrogen-bond donors (Lipinski definition) is 2. The van der Waals surface area contributed by atoms with Crippen LogP contribution in [-0.4, -0.2) is 31.1 Å². The van der Waals surface area contributed by atoms with Crippen LogP contribution in [-0.2, 0) is 9.53 Å². The third kappa shape index (κ3) is 5.10. The van der Waals surface area contributed by atoms with Crippen molar-refractivity contribution >= 4 is 34.2 Å². The number of para-hydroxylation sites is 1. The highest BCUT2D eigenvalue weighted by molar-refractivity contribution is 7.14. The highest BCUT2D eigenvalue weighted by Gasteiger charge is 2.17. The monoisotopic (exact) mass is 348 g/mol. The molecule has 7 nitrogen and oxygen atoms in total. The van der Waals surface area contributed by atoms with E-state index in [-0.39, 0.29) is 18.8 Å². The van der Waals surface area contributed by atoms with Gasteiger partial charge in [0, 0.05) is 0 Å². The maximum atomic E-state index is 12.0. The molecule has 0 spiro atoms. The smallest absolute Gasteiger partial charge is 0.414 e. The third-order valence-corrected chi connectivity index (χ3v) is 3.60. The van der Waals surface area contributed by atoms with Crippen LogP contribution < -0.4 is 15.4 Å². The highest BCUT2D eigenvalue weighted by atomic mass is 32.1. The first-order chi connectivity index (χ1) is 11.6. The van der Waals surface area contributed by atoms with Gasteiger partial charge in [-0.15, -0.1) is 11.3 Å². The Morgan fingerprint density at radius 1 is 1.12 bits per heavy atom. The zero-order chi connectivity index (χ0) is 17.4. The second-order valence-corrected chi connectivity index (χ2v) is 5.40. The summed E-state index contributed by atoms with van der Waals surface area (Å²) in [5, 5.41) is 6.63. The minimum atomic E-state index is -0.835. The van der Waals surface area contributed by atoms with E-state index in [0.717, 1.165) is 0 Å². The van der Waals surface area contributed by atoms with E-state index in [1.807, 2.05) is 6.07 Å². The number of imide groups is 1. The van der Waals surface area contributed by atoms with Crippen molar-refractivity contribution in [1.29, 1.82) is 0 Å². The molecule has 3 amide bonds. The molecule has 2 N–H and O–H groups in total. The zero-order valence-electron chi connectivity index (χ0n) is 12.9. The summed E-state index contributed by atoms with van der Waals surface area (Å²) < 4.78 is 9.98. The molecular formula is C16H16N2O5S. The van der Waals surface area contributed by atoms with E-state index in [0.29, 0.717) is 10.8 Å². The topological polar surface area (TPSA) is 93.7 Å². The number of alkyl carbamates (subject to hydrolysis) is 1. The fourth-order valence-electron chi connectivity index (χ4n) is 1.74. The minimum Gasteiger partial charge on any atom is -0.484 e. The van der Waals surface area contributed by atoms with Crippen LogP contribution in [0.3, 0.4) is 0 Å². The lowest BCUT2D eigenvalue weighted by molar-refractivity contribution is -0.118. The summed E-state index contributed by atoms with van der Waals surface area (Å²) in [6, 6.07) is 10.4. The third-order valence-electron chi connectivity index (χ3n) is 2.77. The summed E-state index contributed by atoms with van der Waals surface area (Å²) in [5.74, 6) is -0.487. The molecule has 24 heavy (non-hydrogen) atoms. The molecule has 126 valence electrons. The van der Waals surface area contributed by atoms with E-state index >= 15 is 0 Å². The molecule has 0 atom stereocenters. The lowest BCUT2D eigenvalue weighted by atomic mass is 10.3. The van der Waals surface area contributed by atoms with E-state index in [1.165, 1.54) is 17.4 Å². The molecule has 2 aromatic rings. The second kappa shape index (κ2) is 8.68. The maximum absolute atomic E-state index is 12.0. The first-order valence-corrected chi connectivity index (χ1v) is 8.01. The van der Waals surface area contributed by atoms with Crippen molar-refractivity contribution < 1.29 is 23.9 Å². The van der Waals surface area contributed by atoms with Gasteiger partial charge in [0.2, 0.25) is 0 Å². The van der Waals surface area contributed by atoms with Gasteiger partial charge in [0.1, 0.15) is 10.8 Å². The van der Waals surface area contributed by atoms with E-state index < -0.39 is 17.9 Å². The van der Waals surface area contributed by atoms with E-state index in [1.54, 1.807) is 36.6 Å². The molecule has 1 heterocycles. The Hall–Kier alpha value is -2.87. The van der Waals surface area contributed by atoms with Crippen LogP contribution in [0.25, 0.3) is 0 Å². The summed E-state index contributed by atoms with van der Waals surface area (Å²) >= 11 is 1.17. The number of thiophene rings is 1. The van der Waals surface area contributed by atoms with Gasteiger partial charge in [-0.2, -0.15) is 0 Å². The van der Waals surface area contributed by atoms with Crippen molar-refractivity contribution in [2.24, 2.45) is 0 Å². The number of ether oxygens (including phenoxy) is 2. The Morgan fingerprint density at radius 3 is 2.58 bits per heavy atom. The number of carbonyl (C=O) groups excluding carboxylic acids is 3. The van der Waals surface area contributed by atoms with Gasteiger partial charge < -0.3 is 14.8 Å². The van der Waals surface area contributed by atoms with Crippen molar-refractivity contribution in [2.45, 2.75) is 6.92 Å². The Labute approximate surface area is 142 Å². The number of anilines is 1. The molecule has 0 saturated carbocycles. The maximum Gasteiger partial charge on any atom is 0.414 e. The fourth-order valence-corrected chi connectivity index (χ4v) is 2.54. The van der Waals surface area contributed by atoms with Crippen molar-refractivity contribution in [2.75, 3.05) is 18.5 Å². The average Bonchev–Trinajstić information content (AvgIpc) is 3.02. The van der Waals surface area contributed by atoms with E-state index in [2.05, 4.69) is 15.4 Å². The van der Waals surface area contributed by atoms with Crippen molar-refractivity contribution in [3.05, 3.63) is 47.3 Å². The molecule has 0 unspecified atom stereocenters. The van der Waals surface area contributed by atoms with Crippen LogP contribution in [0, 0.1) is 0 Å². The van der Waals surface area contributed by atoms with E-state index in [4.69, 9.17) is 4.74 Å². The number of nitrogens with one attached hydrogen (secondary N) is 2. The normalized spacial score (nSPS) is 9.88. The van der Waals surface area contributed by atoms with Crippen LogP contribution in [0.15, 0.2) is 41.8 Å². The quantitative estimate of drug-likeness (QED) is 0.837. The Bertz CT molecular complexity index is 714. The fraction of sp³-hybridized carbons (Fsp3) is 0.188. The first kappa shape index (κ1) is 17.5. The van der Waals surface area contributed by atoms with Crippen molar-refractivity contribution in [3.63, 3.8) is 0 Å². The molecule has 1 aromatic heterocycles. The highest BCUT2D eigenvalue weighted by Crippen LogP contribution is 2.23. The molecule has 1 aromatic carbocycles. The number of benzene rings is 1. The lowest BCUT2D eigenvalue weighted by Crippen LogP contribution is -2.31. The Kier molecular flexibility index (Phi) is 6.32. The second-order valence-electron chi connectivity index (χ2n) is 4.49. The van der Waals surface area contributed by atoms with Gasteiger partial charge in [-0.05, 0) is 30.5 Å². The van der Waals surface area contributed by atoms with Gasteiger partial charge in [-0.1, -0.05) is 18.2 Å². The van der Waals surface area contributed by atoms with Crippen LogP contribution in [0.2, 0.25) is 0 Å². The molecule has 0 bridgehead atoms. The average molecular weight is 348 g/mol. The number of rotatable bonds is 6. The predicted octanol–water partition coefficient (Wildman–Crippen LogP) is 2.65. The number of hydrogen-bond acceptors (Lipinski definition) is 6. The summed E-state index contributed by atoms with van der Waals surface area (Å²) in [6.07, 6.45) is -0.835. The van der Waals surface area contributed by atoms with E-state index in [9.17, 15) is 14.4 Å². The summed E-state index contributed by atoms with van der Waals surface area (Å²) in [5.41, 5.74) is 0.182. The van der Waals surface area contributed by atoms with Gasteiger partial charge >= 0.3 is 6.09 Å². The summed E-state index contributed by atoms with van der Waals surface area (Å²) in [6.45, 7) is 1.59. The molecular weight excluding hydrogens is 332 g/mol. The molecule has 0 radical (unpaired) electrons. The summed E-state index contributed by atoms with van der Waals surface area (Å²) in [4.78, 5) is 35.2. The van der Waals surface area contributed by atoms with Crippen LogP contribution in [0.1, 0.15) is 17.3 Å². The molecule has 0 saturated heterocycles. The van der Waals surface area contributed by atoms with Crippen LogP contribution in [0.5, 0.6) is 5.75 Å². The Morgan fingerprint density at radius 2 is 1.88 bits per heavy atom. The van der Waals surface area contributed by atoms with Crippen molar-refractivity contribution in [1.82, 2.24) is 5.32 Å². The van der Waals surface area contributed by atoms with Gasteiger partial charge in [-0.3, -0.25) is 14.9 Å². The largest absolute Gasteiger partial charge is 0.484 e. The standard InChI is InChI=1S/C16H16N2O5S/c1-2-22-16(21)18-14(20)12-8-9-24-15(12)17-13(19)10-23-11-6-4-3-5-7-11/h3-9H,2,10H2,1H3,(H,17,19)(H,18,20,21).